The van der Waals surface area contributed by atoms with E-state index in [2.05, 4.69) is 26.1 Å². The maximum atomic E-state index is 9.02. The first-order chi connectivity index (χ1) is 5.52. The van der Waals surface area contributed by atoms with Gasteiger partial charge in [-0.05, 0) is 32.6 Å². The fraction of sp³-hybridized carbons (Fsp3) is 1.00. The van der Waals surface area contributed by atoms with Crippen LogP contribution in [0.5, 0.6) is 0 Å². The van der Waals surface area contributed by atoms with Gasteiger partial charge in [-0.2, -0.15) is 0 Å². The molecule has 0 saturated carbocycles. The fourth-order valence-corrected chi connectivity index (χ4v) is 1.06. The van der Waals surface area contributed by atoms with Crippen molar-refractivity contribution >= 4 is 0 Å². The Kier molecular flexibility index (Phi) is 6.39. The Morgan fingerprint density at radius 3 is 2.08 bits per heavy atom. The molecular weight excluding hydrogens is 150 g/mol. The molecule has 0 rings (SSSR count). The fourth-order valence-electron chi connectivity index (χ4n) is 1.06. The zero-order chi connectivity index (χ0) is 9.56. The van der Waals surface area contributed by atoms with E-state index in [9.17, 15) is 0 Å². The minimum Gasteiger partial charge on any atom is -0.392 e. The lowest BCUT2D eigenvalue weighted by molar-refractivity contribution is 0.185. The monoisotopic (exact) mass is 173 g/mol. The highest BCUT2D eigenvalue weighted by molar-refractivity contribution is 4.63. The van der Waals surface area contributed by atoms with Crippen LogP contribution in [0.4, 0.5) is 0 Å². The van der Waals surface area contributed by atoms with Crippen molar-refractivity contribution < 1.29 is 5.11 Å². The van der Waals surface area contributed by atoms with Crippen molar-refractivity contribution in [2.45, 2.75) is 52.7 Å². The topological polar surface area (TPSA) is 32.3 Å². The predicted molar refractivity (Wildman–Crippen MR) is 53.2 cm³/mol. The molecule has 74 valence electrons. The number of hydrogen-bond acceptors (Lipinski definition) is 2. The third-order valence-electron chi connectivity index (χ3n) is 1.94. The third kappa shape index (κ3) is 8.02. The molecule has 0 amide bonds. The lowest BCUT2D eigenvalue weighted by Gasteiger charge is -2.15. The van der Waals surface area contributed by atoms with Gasteiger partial charge < -0.3 is 10.4 Å². The Balaban J connectivity index is 3.27. The quantitative estimate of drug-likeness (QED) is 0.641. The molecule has 0 radical (unpaired) electrons. The van der Waals surface area contributed by atoms with Crippen molar-refractivity contribution in [2.24, 2.45) is 5.92 Å². The van der Waals surface area contributed by atoms with E-state index < -0.39 is 0 Å². The molecule has 0 spiro atoms. The van der Waals surface area contributed by atoms with Gasteiger partial charge in [-0.3, -0.25) is 0 Å². The normalized spacial score (nSPS) is 16.5. The zero-order valence-electron chi connectivity index (χ0n) is 8.80. The van der Waals surface area contributed by atoms with Crippen LogP contribution in [-0.4, -0.2) is 23.8 Å². The molecule has 2 nitrogen and oxygen atoms in total. The molecule has 0 aliphatic carbocycles. The second kappa shape index (κ2) is 6.44. The summed E-state index contributed by atoms with van der Waals surface area (Å²) in [5.41, 5.74) is 0. The van der Waals surface area contributed by atoms with Crippen LogP contribution in [0.1, 0.15) is 40.5 Å². The molecule has 0 aliphatic heterocycles. The minimum atomic E-state index is -0.230. The van der Waals surface area contributed by atoms with E-state index in [1.54, 1.807) is 0 Å². The van der Waals surface area contributed by atoms with Crippen molar-refractivity contribution in [1.29, 1.82) is 0 Å². The molecule has 2 heteroatoms. The highest BCUT2D eigenvalue weighted by Crippen LogP contribution is 2.05. The van der Waals surface area contributed by atoms with Gasteiger partial charge in [0.2, 0.25) is 0 Å². The molecule has 0 fully saturated rings. The summed E-state index contributed by atoms with van der Waals surface area (Å²) < 4.78 is 0. The summed E-state index contributed by atoms with van der Waals surface area (Å²) >= 11 is 0. The van der Waals surface area contributed by atoms with Crippen molar-refractivity contribution in [3.05, 3.63) is 0 Å². The Hall–Kier alpha value is -0.0800. The Morgan fingerprint density at radius 1 is 1.08 bits per heavy atom. The first kappa shape index (κ1) is 11.9. The maximum Gasteiger partial charge on any atom is 0.0636 e. The Bertz CT molecular complexity index is 90.0. The van der Waals surface area contributed by atoms with Gasteiger partial charge >= 0.3 is 0 Å². The first-order valence-corrected chi connectivity index (χ1v) is 4.93. The molecule has 0 aliphatic rings. The van der Waals surface area contributed by atoms with Crippen LogP contribution < -0.4 is 5.32 Å². The van der Waals surface area contributed by atoms with Gasteiger partial charge in [0.15, 0.2) is 0 Å². The second-order valence-corrected chi connectivity index (χ2v) is 4.13. The molecular formula is C10H23NO. The molecule has 0 heterocycles. The smallest absolute Gasteiger partial charge is 0.0636 e. The molecule has 0 bridgehead atoms. The van der Waals surface area contributed by atoms with Crippen LogP contribution in [0.25, 0.3) is 0 Å². The zero-order valence-corrected chi connectivity index (χ0v) is 8.80. The molecule has 12 heavy (non-hydrogen) atoms. The van der Waals surface area contributed by atoms with E-state index in [4.69, 9.17) is 5.11 Å². The average Bonchev–Trinajstić information content (AvgIpc) is 1.96. The summed E-state index contributed by atoms with van der Waals surface area (Å²) in [5, 5.41) is 12.3. The van der Waals surface area contributed by atoms with Crippen LogP contribution >= 0.6 is 0 Å². The summed E-state index contributed by atoms with van der Waals surface area (Å²) in [6.45, 7) is 9.16. The molecule has 0 aromatic carbocycles. The van der Waals surface area contributed by atoms with Gasteiger partial charge in [0.1, 0.15) is 0 Å². The minimum absolute atomic E-state index is 0.230. The largest absolute Gasteiger partial charge is 0.392 e. The third-order valence-corrected chi connectivity index (χ3v) is 1.94. The second-order valence-electron chi connectivity index (χ2n) is 4.13. The van der Waals surface area contributed by atoms with Crippen LogP contribution in [-0.2, 0) is 0 Å². The van der Waals surface area contributed by atoms with Crippen molar-refractivity contribution in [2.75, 3.05) is 6.54 Å². The summed E-state index contributed by atoms with van der Waals surface area (Å²) in [5.74, 6) is 0.779. The van der Waals surface area contributed by atoms with Gasteiger partial charge in [0.25, 0.3) is 0 Å². The van der Waals surface area contributed by atoms with E-state index in [0.29, 0.717) is 12.6 Å². The molecule has 0 unspecified atom stereocenters. The Labute approximate surface area is 76.4 Å². The van der Waals surface area contributed by atoms with Crippen LogP contribution in [0.15, 0.2) is 0 Å². The van der Waals surface area contributed by atoms with Crippen LogP contribution in [0.2, 0.25) is 0 Å². The summed E-state index contributed by atoms with van der Waals surface area (Å²) in [4.78, 5) is 0. The highest BCUT2D eigenvalue weighted by atomic mass is 16.3. The van der Waals surface area contributed by atoms with Gasteiger partial charge in [0.05, 0.1) is 6.10 Å². The summed E-state index contributed by atoms with van der Waals surface area (Å²) in [6, 6.07) is 0.530. The maximum absolute atomic E-state index is 9.02. The lowest BCUT2D eigenvalue weighted by atomic mass is 10.0. The Morgan fingerprint density at radius 2 is 1.67 bits per heavy atom. The number of hydrogen-bond donors (Lipinski definition) is 2. The molecule has 0 aromatic rings. The van der Waals surface area contributed by atoms with E-state index in [1.165, 1.54) is 12.8 Å². The molecule has 0 aromatic heterocycles. The highest BCUT2D eigenvalue weighted by Gasteiger charge is 2.03. The van der Waals surface area contributed by atoms with Gasteiger partial charge in [-0.1, -0.05) is 13.8 Å². The van der Waals surface area contributed by atoms with Crippen molar-refractivity contribution in [3.63, 3.8) is 0 Å². The van der Waals surface area contributed by atoms with E-state index in [0.717, 1.165) is 5.92 Å². The molecule has 2 N–H and O–H groups in total. The standard InChI is InChI=1S/C10H23NO/c1-8(2)5-6-9(3)11-7-10(4)12/h8-12H,5-7H2,1-4H3/t9-,10+/m1/s1. The lowest BCUT2D eigenvalue weighted by Crippen LogP contribution is -2.32. The molecule has 2 atom stereocenters. The van der Waals surface area contributed by atoms with Gasteiger partial charge in [0, 0.05) is 12.6 Å². The SMILES string of the molecule is CC(C)CC[C@@H](C)NC[C@H](C)O. The van der Waals surface area contributed by atoms with Crippen molar-refractivity contribution in [1.82, 2.24) is 5.32 Å². The number of aliphatic hydroxyl groups is 1. The number of nitrogens with one attached hydrogen (secondary N) is 1. The van der Waals surface area contributed by atoms with E-state index >= 15 is 0 Å². The molecule has 0 saturated heterocycles. The average molecular weight is 173 g/mol. The van der Waals surface area contributed by atoms with Crippen LogP contribution in [0, 0.1) is 5.92 Å². The van der Waals surface area contributed by atoms with Gasteiger partial charge in [-0.25, -0.2) is 0 Å². The number of rotatable bonds is 6. The first-order valence-electron chi connectivity index (χ1n) is 4.93. The number of aliphatic hydroxyl groups excluding tert-OH is 1. The van der Waals surface area contributed by atoms with E-state index in [1.807, 2.05) is 6.92 Å². The van der Waals surface area contributed by atoms with E-state index in [-0.39, 0.29) is 6.10 Å². The van der Waals surface area contributed by atoms with Gasteiger partial charge in [-0.15, -0.1) is 0 Å². The predicted octanol–water partition coefficient (Wildman–Crippen LogP) is 1.78. The summed E-state index contributed by atoms with van der Waals surface area (Å²) in [7, 11) is 0. The summed E-state index contributed by atoms with van der Waals surface area (Å²) in [6.07, 6.45) is 2.23. The van der Waals surface area contributed by atoms with Crippen LogP contribution in [0.3, 0.4) is 0 Å². The van der Waals surface area contributed by atoms with Crippen molar-refractivity contribution in [3.8, 4) is 0 Å².